The molecule has 1 aliphatic heterocycles. The van der Waals surface area contributed by atoms with Crippen molar-refractivity contribution < 1.29 is 13.2 Å². The molecule has 2 heterocycles. The molecular formula is C13H22N4O3S. The summed E-state index contributed by atoms with van der Waals surface area (Å²) in [6, 6.07) is 3.15. The lowest BCUT2D eigenvalue weighted by atomic mass is 10.3. The van der Waals surface area contributed by atoms with Crippen LogP contribution >= 0.6 is 0 Å². The van der Waals surface area contributed by atoms with Crippen LogP contribution in [0.4, 0.5) is 0 Å². The molecule has 1 saturated heterocycles. The van der Waals surface area contributed by atoms with Gasteiger partial charge in [0.25, 0.3) is 10.0 Å². The van der Waals surface area contributed by atoms with Gasteiger partial charge in [0.05, 0.1) is 13.2 Å². The van der Waals surface area contributed by atoms with Crippen molar-refractivity contribution in [1.82, 2.24) is 14.6 Å². The van der Waals surface area contributed by atoms with E-state index in [0.29, 0.717) is 13.1 Å². The number of nitrogens with two attached hydrogens (primary N) is 1. The Kier molecular flexibility index (Phi) is 6.07. The molecule has 7 nitrogen and oxygen atoms in total. The Morgan fingerprint density at radius 3 is 2.71 bits per heavy atom. The number of pyridine rings is 1. The second-order valence-corrected chi connectivity index (χ2v) is 6.63. The van der Waals surface area contributed by atoms with Gasteiger partial charge in [-0.1, -0.05) is 6.07 Å². The Morgan fingerprint density at radius 1 is 1.33 bits per heavy atom. The molecule has 0 saturated carbocycles. The molecule has 1 aromatic heterocycles. The number of hydrogen-bond acceptors (Lipinski definition) is 6. The van der Waals surface area contributed by atoms with Crippen molar-refractivity contribution in [2.75, 3.05) is 39.4 Å². The van der Waals surface area contributed by atoms with Gasteiger partial charge in [-0.2, -0.15) is 0 Å². The summed E-state index contributed by atoms with van der Waals surface area (Å²) < 4.78 is 31.9. The van der Waals surface area contributed by atoms with Gasteiger partial charge in [-0.05, 0) is 24.6 Å². The Bertz CT molecular complexity index is 527. The van der Waals surface area contributed by atoms with Crippen LogP contribution < -0.4 is 10.5 Å². The van der Waals surface area contributed by atoms with E-state index in [1.54, 1.807) is 6.07 Å². The number of aromatic nitrogens is 1. The van der Waals surface area contributed by atoms with E-state index in [1.807, 2.05) is 0 Å². The van der Waals surface area contributed by atoms with Crippen molar-refractivity contribution >= 4 is 10.0 Å². The highest BCUT2D eigenvalue weighted by atomic mass is 32.2. The Balaban J connectivity index is 1.77. The smallest absolute Gasteiger partial charge is 0.258 e. The van der Waals surface area contributed by atoms with Gasteiger partial charge in [0.1, 0.15) is 0 Å². The van der Waals surface area contributed by atoms with E-state index in [1.165, 1.54) is 12.3 Å². The molecule has 0 aliphatic carbocycles. The van der Waals surface area contributed by atoms with Gasteiger partial charge in [-0.15, -0.1) is 0 Å². The third kappa shape index (κ3) is 5.01. The molecular weight excluding hydrogens is 292 g/mol. The number of rotatable bonds is 7. The first kappa shape index (κ1) is 16.3. The SMILES string of the molecule is NCc1ccc(S(=O)(=O)NCCCN2CCOCC2)nc1. The van der Waals surface area contributed by atoms with Crippen molar-refractivity contribution in [3.05, 3.63) is 23.9 Å². The first-order valence-corrected chi connectivity index (χ1v) is 8.55. The fourth-order valence-electron chi connectivity index (χ4n) is 2.10. The van der Waals surface area contributed by atoms with Crippen LogP contribution in [0.3, 0.4) is 0 Å². The standard InChI is InChI=1S/C13H22N4O3S/c14-10-12-2-3-13(15-11-12)21(18,19)16-4-1-5-17-6-8-20-9-7-17/h2-3,11,16H,1,4-10,14H2. The zero-order chi connectivity index (χ0) is 15.1. The minimum atomic E-state index is -3.53. The first-order valence-electron chi connectivity index (χ1n) is 7.06. The van der Waals surface area contributed by atoms with Crippen LogP contribution in [0, 0.1) is 0 Å². The summed E-state index contributed by atoms with van der Waals surface area (Å²) in [6.45, 7) is 4.95. The Labute approximate surface area is 125 Å². The number of nitrogens with zero attached hydrogens (tertiary/aromatic N) is 2. The lowest BCUT2D eigenvalue weighted by Crippen LogP contribution is -2.38. The van der Waals surface area contributed by atoms with Gasteiger partial charge in [0.15, 0.2) is 5.03 Å². The average Bonchev–Trinajstić information content (AvgIpc) is 2.53. The molecule has 118 valence electrons. The first-order chi connectivity index (χ1) is 10.1. The van der Waals surface area contributed by atoms with E-state index in [-0.39, 0.29) is 5.03 Å². The topological polar surface area (TPSA) is 97.5 Å². The molecule has 2 rings (SSSR count). The maximum absolute atomic E-state index is 12.0. The normalized spacial score (nSPS) is 17.0. The van der Waals surface area contributed by atoms with Gasteiger partial charge in [-0.3, -0.25) is 4.90 Å². The van der Waals surface area contributed by atoms with Crippen molar-refractivity contribution in [2.45, 2.75) is 18.0 Å². The number of ether oxygens (including phenoxy) is 1. The van der Waals surface area contributed by atoms with Crippen LogP contribution in [0.25, 0.3) is 0 Å². The zero-order valence-corrected chi connectivity index (χ0v) is 12.8. The molecule has 3 N–H and O–H groups in total. The number of nitrogens with one attached hydrogen (secondary N) is 1. The second-order valence-electron chi connectivity index (χ2n) is 4.91. The summed E-state index contributed by atoms with van der Waals surface area (Å²) in [6.07, 6.45) is 2.25. The fourth-order valence-corrected chi connectivity index (χ4v) is 3.10. The molecule has 1 aromatic rings. The molecule has 0 atom stereocenters. The molecule has 0 unspecified atom stereocenters. The van der Waals surface area contributed by atoms with E-state index < -0.39 is 10.0 Å². The Hall–Kier alpha value is -1.06. The average molecular weight is 314 g/mol. The predicted molar refractivity (Wildman–Crippen MR) is 79.2 cm³/mol. The third-order valence-electron chi connectivity index (χ3n) is 3.36. The van der Waals surface area contributed by atoms with E-state index in [9.17, 15) is 8.42 Å². The maximum Gasteiger partial charge on any atom is 0.258 e. The van der Waals surface area contributed by atoms with Crippen LogP contribution in [0.2, 0.25) is 0 Å². The summed E-state index contributed by atoms with van der Waals surface area (Å²) in [5.74, 6) is 0. The molecule has 0 spiro atoms. The second kappa shape index (κ2) is 7.81. The zero-order valence-electron chi connectivity index (χ0n) is 12.0. The Morgan fingerprint density at radius 2 is 2.10 bits per heavy atom. The van der Waals surface area contributed by atoms with Crippen LogP contribution in [0.15, 0.2) is 23.4 Å². The van der Waals surface area contributed by atoms with Crippen LogP contribution in [0.1, 0.15) is 12.0 Å². The molecule has 0 amide bonds. The molecule has 0 bridgehead atoms. The largest absolute Gasteiger partial charge is 0.379 e. The van der Waals surface area contributed by atoms with Gasteiger partial charge in [0.2, 0.25) is 0 Å². The third-order valence-corrected chi connectivity index (χ3v) is 4.73. The van der Waals surface area contributed by atoms with Gasteiger partial charge < -0.3 is 10.5 Å². The summed E-state index contributed by atoms with van der Waals surface area (Å²) in [5, 5.41) is 0.0334. The van der Waals surface area contributed by atoms with Crippen LogP contribution in [-0.4, -0.2) is 57.7 Å². The van der Waals surface area contributed by atoms with Crippen molar-refractivity contribution in [3.8, 4) is 0 Å². The summed E-state index contributed by atoms with van der Waals surface area (Å²) in [7, 11) is -3.53. The van der Waals surface area contributed by atoms with Crippen LogP contribution in [-0.2, 0) is 21.3 Å². The van der Waals surface area contributed by atoms with E-state index in [0.717, 1.165) is 44.8 Å². The van der Waals surface area contributed by atoms with Crippen molar-refractivity contribution in [1.29, 1.82) is 0 Å². The van der Waals surface area contributed by atoms with E-state index >= 15 is 0 Å². The van der Waals surface area contributed by atoms with Gasteiger partial charge in [0, 0.05) is 32.4 Å². The molecule has 0 radical (unpaired) electrons. The molecule has 21 heavy (non-hydrogen) atoms. The van der Waals surface area contributed by atoms with Gasteiger partial charge >= 0.3 is 0 Å². The molecule has 8 heteroatoms. The molecule has 0 aromatic carbocycles. The lowest BCUT2D eigenvalue weighted by molar-refractivity contribution is 0.0376. The highest BCUT2D eigenvalue weighted by Gasteiger charge is 2.15. The molecule has 1 aliphatic rings. The minimum absolute atomic E-state index is 0.0334. The highest BCUT2D eigenvalue weighted by Crippen LogP contribution is 2.06. The van der Waals surface area contributed by atoms with Crippen molar-refractivity contribution in [2.24, 2.45) is 5.73 Å². The lowest BCUT2D eigenvalue weighted by Gasteiger charge is -2.26. The van der Waals surface area contributed by atoms with Crippen LogP contribution in [0.5, 0.6) is 0 Å². The van der Waals surface area contributed by atoms with E-state index in [4.69, 9.17) is 10.5 Å². The summed E-state index contributed by atoms with van der Waals surface area (Å²) in [4.78, 5) is 6.20. The number of morpholine rings is 1. The predicted octanol–water partition coefficient (Wildman–Crippen LogP) is -0.459. The monoisotopic (exact) mass is 314 g/mol. The number of sulfonamides is 1. The fraction of sp³-hybridized carbons (Fsp3) is 0.615. The quantitative estimate of drug-likeness (QED) is 0.661. The van der Waals surface area contributed by atoms with E-state index in [2.05, 4.69) is 14.6 Å². The van der Waals surface area contributed by atoms with Gasteiger partial charge in [-0.25, -0.2) is 18.1 Å². The molecule has 1 fully saturated rings. The van der Waals surface area contributed by atoms with Crippen molar-refractivity contribution in [3.63, 3.8) is 0 Å². The maximum atomic E-state index is 12.0. The number of hydrogen-bond donors (Lipinski definition) is 2. The minimum Gasteiger partial charge on any atom is -0.379 e. The summed E-state index contributed by atoms with van der Waals surface area (Å²) >= 11 is 0. The summed E-state index contributed by atoms with van der Waals surface area (Å²) in [5.41, 5.74) is 6.27. The highest BCUT2D eigenvalue weighted by molar-refractivity contribution is 7.89.